The van der Waals surface area contributed by atoms with Gasteiger partial charge in [0.2, 0.25) is 0 Å². The van der Waals surface area contributed by atoms with Gasteiger partial charge in [-0.3, -0.25) is 15.4 Å². The van der Waals surface area contributed by atoms with Crippen molar-refractivity contribution < 1.29 is 14.1 Å². The van der Waals surface area contributed by atoms with Crippen LogP contribution in [0.2, 0.25) is 0 Å². The van der Waals surface area contributed by atoms with E-state index in [1.54, 1.807) is 0 Å². The molecule has 0 saturated carbocycles. The molecular formula is C13H16FN3O3. The van der Waals surface area contributed by atoms with E-state index >= 15 is 0 Å². The molecule has 0 fully saturated rings. The Morgan fingerprint density at radius 2 is 2.30 bits per heavy atom. The molecule has 1 unspecified atom stereocenters. The molecule has 0 amide bonds. The summed E-state index contributed by atoms with van der Waals surface area (Å²) < 4.78 is 18.9. The second-order valence-corrected chi connectivity index (χ2v) is 4.27. The van der Waals surface area contributed by atoms with Crippen molar-refractivity contribution in [3.8, 4) is 11.8 Å². The summed E-state index contributed by atoms with van der Waals surface area (Å²) in [6.45, 7) is 4.09. The van der Waals surface area contributed by atoms with Gasteiger partial charge in [0.05, 0.1) is 17.1 Å². The smallest absolute Gasteiger partial charge is 0.275 e. The van der Waals surface area contributed by atoms with Crippen LogP contribution in [0.3, 0.4) is 0 Å². The monoisotopic (exact) mass is 281 g/mol. The second-order valence-electron chi connectivity index (χ2n) is 4.27. The Balaban J connectivity index is 2.76. The normalized spacial score (nSPS) is 11.7. The summed E-state index contributed by atoms with van der Waals surface area (Å²) in [6.07, 6.45) is 0.864. The van der Waals surface area contributed by atoms with Crippen LogP contribution in [0.5, 0.6) is 5.75 Å². The second kappa shape index (κ2) is 7.40. The standard InChI is InChI=1S/C13H16FN3O3/c1-3-4-16-10(7-15)8-20-13-5-9(2)12(17(18)19)6-11(13)14/h5-6,10,16H,3-4,8H2,1-2H3. The van der Waals surface area contributed by atoms with Crippen LogP contribution in [0.15, 0.2) is 12.1 Å². The van der Waals surface area contributed by atoms with Gasteiger partial charge in [0.15, 0.2) is 11.6 Å². The number of aryl methyl sites for hydroxylation is 1. The van der Waals surface area contributed by atoms with Crippen molar-refractivity contribution in [1.82, 2.24) is 5.32 Å². The third kappa shape index (κ3) is 4.17. The number of nitro benzene ring substituents is 1. The van der Waals surface area contributed by atoms with Gasteiger partial charge < -0.3 is 4.74 Å². The molecule has 7 heteroatoms. The van der Waals surface area contributed by atoms with Crippen LogP contribution in [0.4, 0.5) is 10.1 Å². The van der Waals surface area contributed by atoms with Crippen LogP contribution < -0.4 is 10.1 Å². The van der Waals surface area contributed by atoms with Gasteiger partial charge in [0.1, 0.15) is 12.6 Å². The van der Waals surface area contributed by atoms with E-state index in [-0.39, 0.29) is 18.0 Å². The number of rotatable bonds is 7. The lowest BCUT2D eigenvalue weighted by Crippen LogP contribution is -2.33. The molecular weight excluding hydrogens is 265 g/mol. The number of hydrogen-bond acceptors (Lipinski definition) is 5. The molecule has 0 aliphatic carbocycles. The van der Waals surface area contributed by atoms with Gasteiger partial charge in [-0.1, -0.05) is 6.92 Å². The van der Waals surface area contributed by atoms with Crippen LogP contribution in [0, 0.1) is 34.2 Å². The fourth-order valence-corrected chi connectivity index (χ4v) is 1.59. The van der Waals surface area contributed by atoms with Gasteiger partial charge in [-0.05, 0) is 26.0 Å². The average Bonchev–Trinajstić information content (AvgIpc) is 2.41. The van der Waals surface area contributed by atoms with Crippen LogP contribution in [-0.4, -0.2) is 24.1 Å². The highest BCUT2D eigenvalue weighted by Crippen LogP contribution is 2.26. The minimum atomic E-state index is -0.811. The Hall–Kier alpha value is -2.20. The Morgan fingerprint density at radius 3 is 2.85 bits per heavy atom. The summed E-state index contributed by atoms with van der Waals surface area (Å²) in [7, 11) is 0. The largest absolute Gasteiger partial charge is 0.488 e. The maximum absolute atomic E-state index is 13.7. The topological polar surface area (TPSA) is 88.2 Å². The minimum Gasteiger partial charge on any atom is -0.488 e. The molecule has 0 aliphatic rings. The molecule has 0 heterocycles. The molecule has 1 N–H and O–H groups in total. The van der Waals surface area contributed by atoms with Crippen LogP contribution >= 0.6 is 0 Å². The van der Waals surface area contributed by atoms with E-state index in [0.29, 0.717) is 12.1 Å². The quantitative estimate of drug-likeness (QED) is 0.612. The van der Waals surface area contributed by atoms with E-state index in [9.17, 15) is 14.5 Å². The number of nitrogens with zero attached hydrogens (tertiary/aromatic N) is 2. The van der Waals surface area contributed by atoms with Gasteiger partial charge in [-0.15, -0.1) is 0 Å². The molecule has 1 atom stereocenters. The zero-order valence-corrected chi connectivity index (χ0v) is 11.4. The molecule has 1 rings (SSSR count). The van der Waals surface area contributed by atoms with Gasteiger partial charge in [-0.2, -0.15) is 5.26 Å². The van der Waals surface area contributed by atoms with Crippen molar-refractivity contribution in [3.05, 3.63) is 33.6 Å². The molecule has 6 nitrogen and oxygen atoms in total. The predicted octanol–water partition coefficient (Wildman–Crippen LogP) is 2.31. The molecule has 0 aliphatic heterocycles. The highest BCUT2D eigenvalue weighted by atomic mass is 19.1. The molecule has 0 spiro atoms. The first-order chi connectivity index (χ1) is 9.49. The maximum atomic E-state index is 13.7. The van der Waals surface area contributed by atoms with E-state index in [1.807, 2.05) is 13.0 Å². The lowest BCUT2D eigenvalue weighted by Gasteiger charge is -2.13. The summed E-state index contributed by atoms with van der Waals surface area (Å²) in [5.41, 5.74) is 0.0113. The van der Waals surface area contributed by atoms with Gasteiger partial charge >= 0.3 is 0 Å². The minimum absolute atomic E-state index is 0.0231. The number of ether oxygens (including phenoxy) is 1. The highest BCUT2D eigenvalue weighted by molar-refractivity contribution is 5.45. The molecule has 1 aromatic carbocycles. The maximum Gasteiger partial charge on any atom is 0.275 e. The summed E-state index contributed by atoms with van der Waals surface area (Å²) in [4.78, 5) is 10.0. The van der Waals surface area contributed by atoms with E-state index in [1.165, 1.54) is 13.0 Å². The third-order valence-electron chi connectivity index (χ3n) is 2.65. The molecule has 20 heavy (non-hydrogen) atoms. The zero-order valence-electron chi connectivity index (χ0n) is 11.4. The summed E-state index contributed by atoms with van der Waals surface area (Å²) in [5, 5.41) is 22.5. The van der Waals surface area contributed by atoms with E-state index in [0.717, 1.165) is 12.5 Å². The Bertz CT molecular complexity index is 528. The Kier molecular flexibility index (Phi) is 5.87. The summed E-state index contributed by atoms with van der Waals surface area (Å²) >= 11 is 0. The average molecular weight is 281 g/mol. The summed E-state index contributed by atoms with van der Waals surface area (Å²) in [5.74, 6) is -0.902. The highest BCUT2D eigenvalue weighted by Gasteiger charge is 2.17. The lowest BCUT2D eigenvalue weighted by molar-refractivity contribution is -0.385. The first-order valence-corrected chi connectivity index (χ1v) is 6.20. The predicted molar refractivity (Wildman–Crippen MR) is 71.0 cm³/mol. The number of halogens is 1. The number of nitro groups is 1. The molecule has 108 valence electrons. The van der Waals surface area contributed by atoms with E-state index in [2.05, 4.69) is 5.32 Å². The number of benzene rings is 1. The number of hydrogen-bond donors (Lipinski definition) is 1. The number of nitriles is 1. The Labute approximate surface area is 116 Å². The zero-order chi connectivity index (χ0) is 15.1. The van der Waals surface area contributed by atoms with Crippen molar-refractivity contribution in [2.45, 2.75) is 26.3 Å². The van der Waals surface area contributed by atoms with Crippen molar-refractivity contribution in [2.24, 2.45) is 0 Å². The first-order valence-electron chi connectivity index (χ1n) is 6.20. The fourth-order valence-electron chi connectivity index (χ4n) is 1.59. The third-order valence-corrected chi connectivity index (χ3v) is 2.65. The van der Waals surface area contributed by atoms with Gasteiger partial charge in [0, 0.05) is 5.56 Å². The Morgan fingerprint density at radius 1 is 1.60 bits per heavy atom. The molecule has 0 aromatic heterocycles. The molecule has 0 bridgehead atoms. The van der Waals surface area contributed by atoms with E-state index in [4.69, 9.17) is 10.00 Å². The van der Waals surface area contributed by atoms with Gasteiger partial charge in [-0.25, -0.2) is 4.39 Å². The molecule has 1 aromatic rings. The molecule has 0 saturated heterocycles. The van der Waals surface area contributed by atoms with Crippen LogP contribution in [0.25, 0.3) is 0 Å². The van der Waals surface area contributed by atoms with Crippen LogP contribution in [-0.2, 0) is 0 Å². The van der Waals surface area contributed by atoms with Crippen molar-refractivity contribution >= 4 is 5.69 Å². The van der Waals surface area contributed by atoms with Crippen molar-refractivity contribution in [2.75, 3.05) is 13.2 Å². The van der Waals surface area contributed by atoms with Crippen molar-refractivity contribution in [3.63, 3.8) is 0 Å². The lowest BCUT2D eigenvalue weighted by atomic mass is 10.2. The van der Waals surface area contributed by atoms with Crippen molar-refractivity contribution in [1.29, 1.82) is 5.26 Å². The SMILES string of the molecule is CCCNC(C#N)COc1cc(C)c([N+](=O)[O-])cc1F. The fraction of sp³-hybridized carbons (Fsp3) is 0.462. The first kappa shape index (κ1) is 15.9. The van der Waals surface area contributed by atoms with Gasteiger partial charge in [0.25, 0.3) is 5.69 Å². The number of nitrogens with one attached hydrogen (secondary N) is 1. The van der Waals surface area contributed by atoms with E-state index < -0.39 is 16.8 Å². The molecule has 0 radical (unpaired) electrons. The summed E-state index contributed by atoms with van der Waals surface area (Å²) in [6, 6.07) is 3.54. The van der Waals surface area contributed by atoms with Crippen LogP contribution in [0.1, 0.15) is 18.9 Å².